The van der Waals surface area contributed by atoms with E-state index in [-0.39, 0.29) is 18.5 Å². The molecule has 2 amide bonds. The standard InChI is InChI=1S/C12H20N2O3/c1-4-9-14(5-2)12(17)13-8-6-7-10(3)11(15)16/h1,10H,5-9H2,2-3H3,(H,13,17)(H,15,16). The molecule has 0 heterocycles. The number of hydrogen-bond acceptors (Lipinski definition) is 2. The van der Waals surface area contributed by atoms with Crippen LogP contribution in [0, 0.1) is 18.3 Å². The van der Waals surface area contributed by atoms with E-state index >= 15 is 0 Å². The number of carbonyl (C=O) groups excluding carboxylic acids is 1. The van der Waals surface area contributed by atoms with E-state index in [0.29, 0.717) is 25.9 Å². The van der Waals surface area contributed by atoms with Gasteiger partial charge in [0.1, 0.15) is 0 Å². The zero-order chi connectivity index (χ0) is 13.3. The molecular weight excluding hydrogens is 220 g/mol. The van der Waals surface area contributed by atoms with Crippen LogP contribution >= 0.6 is 0 Å². The van der Waals surface area contributed by atoms with Gasteiger partial charge in [0, 0.05) is 13.1 Å². The lowest BCUT2D eigenvalue weighted by Gasteiger charge is -2.18. The molecule has 0 aliphatic carbocycles. The van der Waals surface area contributed by atoms with Crippen molar-refractivity contribution in [3.8, 4) is 12.3 Å². The summed E-state index contributed by atoms with van der Waals surface area (Å²) in [6.07, 6.45) is 6.33. The summed E-state index contributed by atoms with van der Waals surface area (Å²) in [5, 5.41) is 11.4. The summed E-state index contributed by atoms with van der Waals surface area (Å²) in [5.41, 5.74) is 0. The third-order valence-electron chi connectivity index (χ3n) is 2.46. The van der Waals surface area contributed by atoms with Gasteiger partial charge in [0.15, 0.2) is 0 Å². The van der Waals surface area contributed by atoms with Crippen LogP contribution in [0.5, 0.6) is 0 Å². The highest BCUT2D eigenvalue weighted by atomic mass is 16.4. The van der Waals surface area contributed by atoms with Gasteiger partial charge in [0.2, 0.25) is 0 Å². The van der Waals surface area contributed by atoms with Crippen molar-refractivity contribution in [3.63, 3.8) is 0 Å². The molecule has 0 saturated heterocycles. The first-order valence-corrected chi connectivity index (χ1v) is 5.72. The van der Waals surface area contributed by atoms with Gasteiger partial charge in [-0.05, 0) is 19.8 Å². The number of terminal acetylenes is 1. The topological polar surface area (TPSA) is 69.6 Å². The van der Waals surface area contributed by atoms with Crippen molar-refractivity contribution in [2.45, 2.75) is 26.7 Å². The van der Waals surface area contributed by atoms with Crippen LogP contribution in [0.4, 0.5) is 4.79 Å². The number of aliphatic carboxylic acids is 1. The fraction of sp³-hybridized carbons (Fsp3) is 0.667. The summed E-state index contributed by atoms with van der Waals surface area (Å²) in [6, 6.07) is -0.201. The summed E-state index contributed by atoms with van der Waals surface area (Å²) in [4.78, 5) is 23.6. The molecule has 0 saturated carbocycles. The van der Waals surface area contributed by atoms with Gasteiger partial charge < -0.3 is 15.3 Å². The average Bonchev–Trinajstić information content (AvgIpc) is 2.30. The second kappa shape index (κ2) is 8.45. The van der Waals surface area contributed by atoms with E-state index in [1.165, 1.54) is 4.90 Å². The first-order valence-electron chi connectivity index (χ1n) is 5.72. The number of nitrogens with zero attached hydrogens (tertiary/aromatic N) is 1. The van der Waals surface area contributed by atoms with Crippen LogP contribution in [-0.4, -0.2) is 41.6 Å². The lowest BCUT2D eigenvalue weighted by Crippen LogP contribution is -2.40. The molecule has 0 aromatic carbocycles. The molecule has 0 radical (unpaired) electrons. The van der Waals surface area contributed by atoms with Crippen molar-refractivity contribution in [2.75, 3.05) is 19.6 Å². The molecule has 96 valence electrons. The molecule has 5 heteroatoms. The van der Waals surface area contributed by atoms with Crippen LogP contribution in [-0.2, 0) is 4.79 Å². The minimum Gasteiger partial charge on any atom is -0.481 e. The maximum Gasteiger partial charge on any atom is 0.318 e. The first kappa shape index (κ1) is 15.3. The summed E-state index contributed by atoms with van der Waals surface area (Å²) in [5.74, 6) is 1.23. The smallest absolute Gasteiger partial charge is 0.318 e. The minimum absolute atomic E-state index is 0.201. The number of rotatable bonds is 7. The third-order valence-corrected chi connectivity index (χ3v) is 2.46. The lowest BCUT2D eigenvalue weighted by molar-refractivity contribution is -0.141. The van der Waals surface area contributed by atoms with E-state index in [1.54, 1.807) is 6.92 Å². The zero-order valence-corrected chi connectivity index (χ0v) is 10.4. The third kappa shape index (κ3) is 6.46. The van der Waals surface area contributed by atoms with Crippen LogP contribution in [0.2, 0.25) is 0 Å². The second-order valence-corrected chi connectivity index (χ2v) is 3.83. The van der Waals surface area contributed by atoms with Gasteiger partial charge in [0.05, 0.1) is 12.5 Å². The fourth-order valence-corrected chi connectivity index (χ4v) is 1.28. The molecule has 5 nitrogen and oxygen atoms in total. The predicted molar refractivity (Wildman–Crippen MR) is 65.5 cm³/mol. The van der Waals surface area contributed by atoms with E-state index in [1.807, 2.05) is 6.92 Å². The average molecular weight is 240 g/mol. The maximum absolute atomic E-state index is 11.5. The monoisotopic (exact) mass is 240 g/mol. The number of amides is 2. The Balaban J connectivity index is 3.78. The van der Waals surface area contributed by atoms with Crippen molar-refractivity contribution < 1.29 is 14.7 Å². The van der Waals surface area contributed by atoms with Gasteiger partial charge in [-0.1, -0.05) is 12.8 Å². The quantitative estimate of drug-likeness (QED) is 0.518. The molecule has 0 bridgehead atoms. The molecule has 0 aliphatic heterocycles. The highest BCUT2D eigenvalue weighted by Gasteiger charge is 2.11. The maximum atomic E-state index is 11.5. The van der Waals surface area contributed by atoms with Crippen molar-refractivity contribution in [1.29, 1.82) is 0 Å². The van der Waals surface area contributed by atoms with Crippen LogP contribution in [0.15, 0.2) is 0 Å². The molecule has 17 heavy (non-hydrogen) atoms. The Morgan fingerprint density at radius 2 is 2.18 bits per heavy atom. The Morgan fingerprint density at radius 1 is 1.53 bits per heavy atom. The van der Waals surface area contributed by atoms with Gasteiger partial charge >= 0.3 is 12.0 Å². The van der Waals surface area contributed by atoms with E-state index in [2.05, 4.69) is 11.2 Å². The molecular formula is C12H20N2O3. The van der Waals surface area contributed by atoms with Crippen LogP contribution in [0.1, 0.15) is 26.7 Å². The molecule has 0 fully saturated rings. The number of urea groups is 1. The van der Waals surface area contributed by atoms with Crippen molar-refractivity contribution in [3.05, 3.63) is 0 Å². The van der Waals surface area contributed by atoms with Gasteiger partial charge in [-0.3, -0.25) is 4.79 Å². The summed E-state index contributed by atoms with van der Waals surface area (Å²) in [7, 11) is 0. The van der Waals surface area contributed by atoms with E-state index < -0.39 is 5.97 Å². The molecule has 0 spiro atoms. The Hall–Kier alpha value is -1.70. The van der Waals surface area contributed by atoms with E-state index in [4.69, 9.17) is 11.5 Å². The Kier molecular flexibility index (Phi) is 7.61. The van der Waals surface area contributed by atoms with Crippen LogP contribution in [0.25, 0.3) is 0 Å². The zero-order valence-electron chi connectivity index (χ0n) is 10.4. The van der Waals surface area contributed by atoms with Crippen molar-refractivity contribution >= 4 is 12.0 Å². The molecule has 2 N–H and O–H groups in total. The van der Waals surface area contributed by atoms with Gasteiger partial charge in [-0.2, -0.15) is 0 Å². The highest BCUT2D eigenvalue weighted by molar-refractivity contribution is 5.74. The SMILES string of the molecule is C#CCN(CC)C(=O)NCCCC(C)C(=O)O. The lowest BCUT2D eigenvalue weighted by atomic mass is 10.1. The van der Waals surface area contributed by atoms with Crippen molar-refractivity contribution in [2.24, 2.45) is 5.92 Å². The molecule has 0 aromatic rings. The highest BCUT2D eigenvalue weighted by Crippen LogP contribution is 2.04. The largest absolute Gasteiger partial charge is 0.481 e. The number of hydrogen-bond donors (Lipinski definition) is 2. The number of nitrogens with one attached hydrogen (secondary N) is 1. The second-order valence-electron chi connectivity index (χ2n) is 3.83. The molecule has 0 aliphatic rings. The molecule has 1 atom stereocenters. The van der Waals surface area contributed by atoms with Gasteiger partial charge in [0.25, 0.3) is 0 Å². The normalized spacial score (nSPS) is 11.4. The Labute approximate surface area is 102 Å². The Morgan fingerprint density at radius 3 is 2.65 bits per heavy atom. The van der Waals surface area contributed by atoms with E-state index in [9.17, 15) is 9.59 Å². The Bertz CT molecular complexity index is 297. The number of carboxylic acids is 1. The van der Waals surface area contributed by atoms with Gasteiger partial charge in [-0.25, -0.2) is 4.79 Å². The first-order chi connectivity index (χ1) is 8.02. The predicted octanol–water partition coefficient (Wildman–Crippen LogP) is 1.15. The molecule has 0 aromatic heterocycles. The van der Waals surface area contributed by atoms with Crippen LogP contribution < -0.4 is 5.32 Å². The minimum atomic E-state index is -0.807. The molecule has 0 rings (SSSR count). The fourth-order valence-electron chi connectivity index (χ4n) is 1.28. The van der Waals surface area contributed by atoms with Gasteiger partial charge in [-0.15, -0.1) is 6.42 Å². The molecule has 1 unspecified atom stereocenters. The summed E-state index contributed by atoms with van der Waals surface area (Å²) < 4.78 is 0. The van der Waals surface area contributed by atoms with E-state index in [0.717, 1.165) is 0 Å². The number of carbonyl (C=O) groups is 2. The van der Waals surface area contributed by atoms with Crippen LogP contribution in [0.3, 0.4) is 0 Å². The number of carboxylic acid groups (broad SMARTS) is 1. The van der Waals surface area contributed by atoms with Crippen molar-refractivity contribution in [1.82, 2.24) is 10.2 Å². The summed E-state index contributed by atoms with van der Waals surface area (Å²) in [6.45, 7) is 4.82. The summed E-state index contributed by atoms with van der Waals surface area (Å²) >= 11 is 0.